The minimum Gasteiger partial charge on any atom is -0.444 e. The Hall–Kier alpha value is -3.35. The smallest absolute Gasteiger partial charge is 0.414 e. The molecule has 1 aromatic heterocycles. The van der Waals surface area contributed by atoms with Gasteiger partial charge in [0, 0.05) is 25.6 Å². The van der Waals surface area contributed by atoms with E-state index < -0.39 is 29.4 Å². The van der Waals surface area contributed by atoms with Gasteiger partial charge in [-0.15, -0.1) is 0 Å². The maximum absolute atomic E-state index is 12.5. The summed E-state index contributed by atoms with van der Waals surface area (Å²) in [6.07, 6.45) is 1.45. The third-order valence-electron chi connectivity index (χ3n) is 6.47. The number of alkyl carbamates (subject to hydrolysis) is 2. The average Bonchev–Trinajstić information content (AvgIpc) is 3.25. The van der Waals surface area contributed by atoms with E-state index in [-0.39, 0.29) is 30.0 Å². The van der Waals surface area contributed by atoms with Gasteiger partial charge in [0.1, 0.15) is 22.7 Å². The van der Waals surface area contributed by atoms with Crippen molar-refractivity contribution < 1.29 is 33.6 Å². The number of fused-ring (bicyclic) bond motifs is 3. The molecule has 4 rings (SSSR count). The lowest BCUT2D eigenvalue weighted by atomic mass is 9.84. The van der Waals surface area contributed by atoms with Gasteiger partial charge in [-0.05, 0) is 66.2 Å². The highest BCUT2D eigenvalue weighted by atomic mass is 16.6. The summed E-state index contributed by atoms with van der Waals surface area (Å²) in [5.74, 6) is 0.412. The quantitative estimate of drug-likeness (QED) is 0.310. The monoisotopic (exact) mass is 520 g/mol. The second-order valence-electron chi connectivity index (χ2n) is 11.8. The van der Waals surface area contributed by atoms with Crippen molar-refractivity contribution in [3.05, 3.63) is 17.5 Å². The van der Waals surface area contributed by atoms with Gasteiger partial charge in [0.05, 0.1) is 12.1 Å². The van der Waals surface area contributed by atoms with Crippen molar-refractivity contribution in [1.82, 2.24) is 25.8 Å². The number of nitrogens with one attached hydrogen (secondary N) is 2. The lowest BCUT2D eigenvalue weighted by Gasteiger charge is -2.35. The number of nitrogens with zero attached hydrogens (tertiary/aromatic N) is 4. The second kappa shape index (κ2) is 9.51. The molecule has 2 bridgehead atoms. The number of hydroxylamine groups is 2. The van der Waals surface area contributed by atoms with Crippen LogP contribution in [-0.2, 0) is 15.9 Å². The first-order valence-electron chi connectivity index (χ1n) is 12.4. The summed E-state index contributed by atoms with van der Waals surface area (Å²) in [5.41, 5.74) is -0.897. The maximum atomic E-state index is 12.5. The summed E-state index contributed by atoms with van der Waals surface area (Å²) in [6, 6.07) is 0.957. The Morgan fingerprint density at radius 3 is 2.30 bits per heavy atom. The molecule has 2 saturated heterocycles. The molecule has 1 saturated carbocycles. The molecule has 1 spiro atoms. The number of ether oxygens (including phenoxy) is 2. The van der Waals surface area contributed by atoms with Crippen molar-refractivity contribution in [3.8, 4) is 0 Å². The Morgan fingerprint density at radius 1 is 1.16 bits per heavy atom. The van der Waals surface area contributed by atoms with Crippen molar-refractivity contribution in [2.75, 3.05) is 13.1 Å². The van der Waals surface area contributed by atoms with E-state index >= 15 is 0 Å². The van der Waals surface area contributed by atoms with E-state index in [1.54, 1.807) is 52.5 Å². The first-order valence-corrected chi connectivity index (χ1v) is 12.4. The second-order valence-corrected chi connectivity index (χ2v) is 11.8. The lowest BCUT2D eigenvalue weighted by Crippen LogP contribution is -2.47. The fourth-order valence-electron chi connectivity index (χ4n) is 4.71. The van der Waals surface area contributed by atoms with Gasteiger partial charge in [-0.2, -0.15) is 0 Å². The van der Waals surface area contributed by atoms with E-state index in [2.05, 4.69) is 20.8 Å². The Labute approximate surface area is 215 Å². The number of aliphatic imine (C=N–C) groups is 1. The van der Waals surface area contributed by atoms with Crippen LogP contribution >= 0.6 is 0 Å². The van der Waals surface area contributed by atoms with E-state index in [0.717, 1.165) is 24.3 Å². The molecule has 1 aliphatic carbocycles. The van der Waals surface area contributed by atoms with Gasteiger partial charge >= 0.3 is 18.2 Å². The molecule has 13 heteroatoms. The van der Waals surface area contributed by atoms with Crippen LogP contribution in [0.2, 0.25) is 0 Å². The van der Waals surface area contributed by atoms with E-state index in [1.165, 1.54) is 0 Å². The first kappa shape index (κ1) is 26.7. The van der Waals surface area contributed by atoms with Crippen LogP contribution in [0.5, 0.6) is 0 Å². The van der Waals surface area contributed by atoms with Gasteiger partial charge in [-0.1, -0.05) is 5.16 Å². The number of hydrogen-bond acceptors (Lipinski definition) is 9. The molecular weight excluding hydrogens is 484 g/mol. The van der Waals surface area contributed by atoms with Gasteiger partial charge in [-0.3, -0.25) is 20.8 Å². The van der Waals surface area contributed by atoms with Crippen LogP contribution < -0.4 is 10.6 Å². The molecule has 13 nitrogen and oxygen atoms in total. The van der Waals surface area contributed by atoms with Crippen LogP contribution in [-0.4, -0.2) is 74.8 Å². The predicted molar refractivity (Wildman–Crippen MR) is 130 cm³/mol. The molecule has 204 valence electrons. The summed E-state index contributed by atoms with van der Waals surface area (Å²) < 4.78 is 16.0. The van der Waals surface area contributed by atoms with Crippen LogP contribution in [0.25, 0.3) is 0 Å². The first-order chi connectivity index (χ1) is 17.2. The largest absolute Gasteiger partial charge is 0.444 e. The summed E-state index contributed by atoms with van der Waals surface area (Å²) in [7, 11) is 0. The molecule has 3 heterocycles. The van der Waals surface area contributed by atoms with Gasteiger partial charge in [0.25, 0.3) is 0 Å². The van der Waals surface area contributed by atoms with Crippen LogP contribution in [0.15, 0.2) is 15.6 Å². The summed E-state index contributed by atoms with van der Waals surface area (Å²) in [5, 5.41) is 20.2. The predicted octanol–water partition coefficient (Wildman–Crippen LogP) is 3.34. The number of urea groups is 1. The van der Waals surface area contributed by atoms with E-state index in [0.29, 0.717) is 24.4 Å². The fraction of sp³-hybridized carbons (Fsp3) is 0.708. The molecular formula is C24H36N6O7. The van der Waals surface area contributed by atoms with Crippen LogP contribution in [0, 0.1) is 5.41 Å². The minimum atomic E-state index is -0.776. The van der Waals surface area contributed by atoms with Crippen LogP contribution in [0.1, 0.15) is 78.3 Å². The molecule has 0 radical (unpaired) electrons. The number of piperidine rings is 1. The molecule has 37 heavy (non-hydrogen) atoms. The zero-order chi connectivity index (χ0) is 27.2. The van der Waals surface area contributed by atoms with Crippen molar-refractivity contribution in [3.63, 3.8) is 0 Å². The highest BCUT2D eigenvalue weighted by Gasteiger charge is 2.63. The molecule has 3 N–H and O–H groups in total. The van der Waals surface area contributed by atoms with Gasteiger partial charge in [0.2, 0.25) is 5.96 Å². The van der Waals surface area contributed by atoms with Crippen molar-refractivity contribution in [2.45, 2.75) is 90.5 Å². The Balaban J connectivity index is 1.40. The summed E-state index contributed by atoms with van der Waals surface area (Å²) in [6.45, 7) is 10.9. The highest BCUT2D eigenvalue weighted by Crippen LogP contribution is 2.61. The lowest BCUT2D eigenvalue weighted by molar-refractivity contribution is -0.0782. The molecule has 3 aliphatic rings. The van der Waals surface area contributed by atoms with E-state index in [4.69, 9.17) is 14.0 Å². The number of hydrogen-bond donors (Lipinski definition) is 3. The Kier molecular flexibility index (Phi) is 6.86. The maximum Gasteiger partial charge on any atom is 0.414 e. The SMILES string of the molecule is CC(C)(C)OC(=O)NC(=NCCc1cc([C@@H]2CC3(CC3)[C@@H]3CN2C(=O)N3O)no1)NC(=O)OC(C)(C)C. The minimum absolute atomic E-state index is 0.0545. The van der Waals surface area contributed by atoms with E-state index in [9.17, 15) is 19.6 Å². The topological polar surface area (TPSA) is 159 Å². The molecule has 3 fully saturated rings. The van der Waals surface area contributed by atoms with Crippen molar-refractivity contribution in [1.29, 1.82) is 0 Å². The zero-order valence-corrected chi connectivity index (χ0v) is 22.2. The zero-order valence-electron chi connectivity index (χ0n) is 22.2. The van der Waals surface area contributed by atoms with Crippen molar-refractivity contribution >= 4 is 24.2 Å². The summed E-state index contributed by atoms with van der Waals surface area (Å²) in [4.78, 5) is 42.9. The Morgan fingerprint density at radius 2 is 1.76 bits per heavy atom. The fourth-order valence-corrected chi connectivity index (χ4v) is 4.71. The normalized spacial score (nSPS) is 22.1. The molecule has 2 atom stereocenters. The number of carbonyl (C=O) groups is 3. The Bertz CT molecular complexity index is 1050. The third-order valence-corrected chi connectivity index (χ3v) is 6.47. The molecule has 0 aromatic carbocycles. The van der Waals surface area contributed by atoms with Gasteiger partial charge in [0.15, 0.2) is 0 Å². The number of aromatic nitrogens is 1. The molecule has 1 aromatic rings. The van der Waals surface area contributed by atoms with Gasteiger partial charge < -0.3 is 18.9 Å². The number of rotatable bonds is 4. The molecule has 2 aliphatic heterocycles. The molecule has 4 amide bonds. The van der Waals surface area contributed by atoms with Crippen LogP contribution in [0.3, 0.4) is 0 Å². The summed E-state index contributed by atoms with van der Waals surface area (Å²) >= 11 is 0. The third kappa shape index (κ3) is 6.32. The van der Waals surface area contributed by atoms with Crippen LogP contribution in [0.4, 0.5) is 14.4 Å². The van der Waals surface area contributed by atoms with Gasteiger partial charge in [-0.25, -0.2) is 19.4 Å². The average molecular weight is 521 g/mol. The standard InChI is InChI=1S/C24H36N6O7/c1-22(2,3)35-19(31)26-18(27-20(32)36-23(4,5)6)25-10-7-14-11-15(28-37-14)16-12-24(8-9-24)17-13-29(16)21(33)30(17)34/h11,16-17,34H,7-10,12-13H2,1-6H3,(H2,25,26,27,31,32)/t16-,17-/m0/s1. The number of amides is 4. The highest BCUT2D eigenvalue weighted by molar-refractivity contribution is 6.01. The number of carbonyl (C=O) groups excluding carboxylic acids is 3. The molecule has 0 unspecified atom stereocenters. The van der Waals surface area contributed by atoms with Crippen molar-refractivity contribution in [2.24, 2.45) is 10.4 Å². The van der Waals surface area contributed by atoms with E-state index in [1.807, 2.05) is 0 Å². The number of guanidine groups is 1.